The summed E-state index contributed by atoms with van der Waals surface area (Å²) in [7, 11) is 1.60. The van der Waals surface area contributed by atoms with Gasteiger partial charge < -0.3 is 10.1 Å². The van der Waals surface area contributed by atoms with Crippen LogP contribution < -0.4 is 10.1 Å². The summed E-state index contributed by atoms with van der Waals surface area (Å²) in [5, 5.41) is 15.1. The molecule has 7 nitrogen and oxygen atoms in total. The van der Waals surface area contributed by atoms with Crippen molar-refractivity contribution in [1.82, 2.24) is 25.5 Å². The second kappa shape index (κ2) is 9.12. The first kappa shape index (κ1) is 19.5. The van der Waals surface area contributed by atoms with Gasteiger partial charge in [0, 0.05) is 12.1 Å². The molecule has 1 amide bonds. The van der Waals surface area contributed by atoms with Crippen molar-refractivity contribution < 1.29 is 9.53 Å². The molecule has 0 aliphatic heterocycles. The minimum absolute atomic E-state index is 0.0310. The van der Waals surface area contributed by atoms with E-state index in [2.05, 4.69) is 58.8 Å². The Balaban J connectivity index is 1.49. The fourth-order valence-corrected chi connectivity index (χ4v) is 2.79. The molecular formula is C21H25N5O2. The molecule has 7 heteroatoms. The summed E-state index contributed by atoms with van der Waals surface area (Å²) >= 11 is 0. The van der Waals surface area contributed by atoms with Gasteiger partial charge in [0.15, 0.2) is 0 Å². The van der Waals surface area contributed by atoms with Crippen LogP contribution >= 0.6 is 0 Å². The molecule has 0 aliphatic carbocycles. The van der Waals surface area contributed by atoms with Crippen molar-refractivity contribution in [3.63, 3.8) is 0 Å². The number of aromatic nitrogens is 4. The summed E-state index contributed by atoms with van der Waals surface area (Å²) in [4.78, 5) is 13.4. The summed E-state index contributed by atoms with van der Waals surface area (Å²) in [6.07, 6.45) is 0.782. The fourth-order valence-electron chi connectivity index (χ4n) is 2.79. The number of nitrogens with zero attached hydrogens (tertiary/aromatic N) is 4. The molecule has 0 unspecified atom stereocenters. The highest BCUT2D eigenvalue weighted by Gasteiger charge is 2.10. The van der Waals surface area contributed by atoms with Gasteiger partial charge in [-0.15, -0.1) is 10.2 Å². The fraction of sp³-hybridized carbons (Fsp3) is 0.333. The molecule has 0 aliphatic rings. The number of ether oxygens (including phenoxy) is 1. The van der Waals surface area contributed by atoms with Crippen LogP contribution in [0.25, 0.3) is 11.4 Å². The van der Waals surface area contributed by atoms with Crippen LogP contribution in [0.5, 0.6) is 5.75 Å². The van der Waals surface area contributed by atoms with E-state index in [-0.39, 0.29) is 12.5 Å². The minimum Gasteiger partial charge on any atom is -0.497 e. The summed E-state index contributed by atoms with van der Waals surface area (Å²) in [5.41, 5.74) is 3.30. The van der Waals surface area contributed by atoms with Crippen molar-refractivity contribution >= 4 is 5.91 Å². The Labute approximate surface area is 164 Å². The maximum Gasteiger partial charge on any atom is 0.243 e. The van der Waals surface area contributed by atoms with E-state index < -0.39 is 0 Å². The van der Waals surface area contributed by atoms with Gasteiger partial charge in [-0.1, -0.05) is 50.2 Å². The van der Waals surface area contributed by atoms with Crippen molar-refractivity contribution in [2.45, 2.75) is 32.7 Å². The Bertz CT molecular complexity index is 919. The van der Waals surface area contributed by atoms with E-state index in [1.54, 1.807) is 7.11 Å². The molecule has 0 atom stereocenters. The first-order valence-electron chi connectivity index (χ1n) is 9.33. The van der Waals surface area contributed by atoms with Crippen molar-refractivity contribution in [3.8, 4) is 17.1 Å². The Morgan fingerprint density at radius 3 is 2.68 bits per heavy atom. The molecule has 28 heavy (non-hydrogen) atoms. The molecule has 0 radical (unpaired) electrons. The topological polar surface area (TPSA) is 81.9 Å². The zero-order chi connectivity index (χ0) is 19.9. The molecule has 0 bridgehead atoms. The standard InChI is InChI=1S/C21H25N5O2/c1-15(2)17-9-7-16(8-10-17)11-12-22-20(27)14-26-24-21(23-25-26)18-5-4-6-19(13-18)28-3/h4-10,13,15H,11-12,14H2,1-3H3,(H,22,27). The highest BCUT2D eigenvalue weighted by Crippen LogP contribution is 2.19. The monoisotopic (exact) mass is 379 g/mol. The van der Waals surface area contributed by atoms with Crippen LogP contribution in [0.15, 0.2) is 48.5 Å². The predicted molar refractivity (Wildman–Crippen MR) is 107 cm³/mol. The zero-order valence-corrected chi connectivity index (χ0v) is 16.4. The van der Waals surface area contributed by atoms with E-state index in [1.165, 1.54) is 15.9 Å². The van der Waals surface area contributed by atoms with Gasteiger partial charge in [-0.3, -0.25) is 4.79 Å². The highest BCUT2D eigenvalue weighted by atomic mass is 16.5. The SMILES string of the molecule is COc1cccc(-c2nnn(CC(=O)NCCc3ccc(C(C)C)cc3)n2)c1. The van der Waals surface area contributed by atoms with Gasteiger partial charge in [-0.05, 0) is 40.8 Å². The molecule has 0 saturated carbocycles. The van der Waals surface area contributed by atoms with Gasteiger partial charge in [0.25, 0.3) is 0 Å². The highest BCUT2D eigenvalue weighted by molar-refractivity contribution is 5.75. The third kappa shape index (κ3) is 5.16. The molecule has 1 aromatic heterocycles. The van der Waals surface area contributed by atoms with E-state index in [1.807, 2.05) is 24.3 Å². The molecule has 3 rings (SSSR count). The lowest BCUT2D eigenvalue weighted by Gasteiger charge is -2.08. The Morgan fingerprint density at radius 2 is 1.96 bits per heavy atom. The predicted octanol–water partition coefficient (Wildman–Crippen LogP) is 2.83. The van der Waals surface area contributed by atoms with Crippen LogP contribution in [0.1, 0.15) is 30.9 Å². The Hall–Kier alpha value is -3.22. The number of rotatable bonds is 8. The van der Waals surface area contributed by atoms with Gasteiger partial charge in [0.2, 0.25) is 11.7 Å². The van der Waals surface area contributed by atoms with Gasteiger partial charge in [-0.25, -0.2) is 0 Å². The van der Waals surface area contributed by atoms with Crippen LogP contribution in [-0.2, 0) is 17.8 Å². The number of carbonyl (C=O) groups is 1. The smallest absolute Gasteiger partial charge is 0.243 e. The largest absolute Gasteiger partial charge is 0.497 e. The van der Waals surface area contributed by atoms with Crippen molar-refractivity contribution in [1.29, 1.82) is 0 Å². The van der Waals surface area contributed by atoms with E-state index in [0.717, 1.165) is 12.0 Å². The molecule has 3 aromatic rings. The second-order valence-electron chi connectivity index (χ2n) is 6.87. The number of nitrogens with one attached hydrogen (secondary N) is 1. The number of hydrogen-bond acceptors (Lipinski definition) is 5. The van der Waals surface area contributed by atoms with Crippen LogP contribution in [0.3, 0.4) is 0 Å². The minimum atomic E-state index is -0.145. The number of carbonyl (C=O) groups excluding carboxylic acids is 1. The van der Waals surface area contributed by atoms with Crippen molar-refractivity contribution in [2.24, 2.45) is 0 Å². The molecule has 0 saturated heterocycles. The van der Waals surface area contributed by atoms with Gasteiger partial charge >= 0.3 is 0 Å². The van der Waals surface area contributed by atoms with Crippen LogP contribution in [-0.4, -0.2) is 39.8 Å². The lowest BCUT2D eigenvalue weighted by atomic mass is 10.0. The Morgan fingerprint density at radius 1 is 1.18 bits per heavy atom. The van der Waals surface area contributed by atoms with Crippen LogP contribution in [0.4, 0.5) is 0 Å². The van der Waals surface area contributed by atoms with E-state index >= 15 is 0 Å². The summed E-state index contributed by atoms with van der Waals surface area (Å²) in [6.45, 7) is 4.95. The average Bonchev–Trinajstić information content (AvgIpc) is 3.17. The normalized spacial score (nSPS) is 10.9. The first-order chi connectivity index (χ1) is 13.5. The number of methoxy groups -OCH3 is 1. The lowest BCUT2D eigenvalue weighted by Crippen LogP contribution is -2.30. The summed E-state index contributed by atoms with van der Waals surface area (Å²) in [5.74, 6) is 1.55. The van der Waals surface area contributed by atoms with Gasteiger partial charge in [-0.2, -0.15) is 4.80 Å². The maximum atomic E-state index is 12.1. The summed E-state index contributed by atoms with van der Waals surface area (Å²) in [6, 6.07) is 15.9. The third-order valence-corrected chi connectivity index (χ3v) is 4.45. The van der Waals surface area contributed by atoms with E-state index in [9.17, 15) is 4.79 Å². The molecule has 146 valence electrons. The number of tetrazole rings is 1. The number of amides is 1. The summed E-state index contributed by atoms with van der Waals surface area (Å²) < 4.78 is 5.20. The quantitative estimate of drug-likeness (QED) is 0.651. The number of hydrogen-bond donors (Lipinski definition) is 1. The van der Waals surface area contributed by atoms with Gasteiger partial charge in [0.1, 0.15) is 12.3 Å². The molecule has 0 fully saturated rings. The first-order valence-corrected chi connectivity index (χ1v) is 9.33. The van der Waals surface area contributed by atoms with E-state index in [4.69, 9.17) is 4.74 Å². The van der Waals surface area contributed by atoms with Crippen molar-refractivity contribution in [2.75, 3.05) is 13.7 Å². The zero-order valence-electron chi connectivity index (χ0n) is 16.4. The molecular weight excluding hydrogens is 354 g/mol. The molecule has 1 heterocycles. The third-order valence-electron chi connectivity index (χ3n) is 4.45. The lowest BCUT2D eigenvalue weighted by molar-refractivity contribution is -0.122. The van der Waals surface area contributed by atoms with Crippen molar-refractivity contribution in [3.05, 3.63) is 59.7 Å². The van der Waals surface area contributed by atoms with Crippen LogP contribution in [0, 0.1) is 0 Å². The molecule has 0 spiro atoms. The molecule has 1 N–H and O–H groups in total. The average molecular weight is 379 g/mol. The van der Waals surface area contributed by atoms with Gasteiger partial charge in [0.05, 0.1) is 7.11 Å². The van der Waals surface area contributed by atoms with Crippen LogP contribution in [0.2, 0.25) is 0 Å². The Kier molecular flexibility index (Phi) is 6.37. The number of benzene rings is 2. The maximum absolute atomic E-state index is 12.1. The molecule has 2 aromatic carbocycles. The second-order valence-corrected chi connectivity index (χ2v) is 6.87. The van der Waals surface area contributed by atoms with E-state index in [0.29, 0.717) is 24.0 Å².